The monoisotopic (exact) mass is 847 g/mol. The summed E-state index contributed by atoms with van der Waals surface area (Å²) in [6.45, 7) is 4.82. The first-order valence-corrected chi connectivity index (χ1v) is 21.1. The van der Waals surface area contributed by atoms with Gasteiger partial charge in [-0.3, -0.25) is 14.9 Å². The number of carbonyl (C=O) groups excluding carboxylic acids is 6. The van der Waals surface area contributed by atoms with Crippen LogP contribution in [-0.2, 0) is 23.7 Å². The van der Waals surface area contributed by atoms with Crippen LogP contribution in [0.1, 0.15) is 124 Å². The van der Waals surface area contributed by atoms with E-state index < -0.39 is 80.1 Å². The van der Waals surface area contributed by atoms with Crippen molar-refractivity contribution in [3.8, 4) is 22.4 Å². The Bertz CT molecular complexity index is 2380. The number of thioether (sulfide) groups is 1. The van der Waals surface area contributed by atoms with Crippen molar-refractivity contribution in [2.75, 3.05) is 6.61 Å². The molecule has 61 heavy (non-hydrogen) atoms. The molecule has 0 saturated heterocycles. The number of nitro benzene ring substituents is 1. The SMILES string of the molecule is CCCCOC(=O)c1c(C(=O)OC23CC4CC(CC(C4)C2)C3)nc(-c2ccccc2-c2ccccc2)c(C(=O)OC(C)C)c1C(=O)OC(=O)c1cccc(S[C]=O)c1[N+](=O)[O-]. The third-order valence-corrected chi connectivity index (χ3v) is 12.0. The average molecular weight is 848 g/mol. The van der Waals surface area contributed by atoms with Crippen LogP contribution < -0.4 is 0 Å². The molecule has 4 aliphatic rings. The van der Waals surface area contributed by atoms with Gasteiger partial charge in [-0.1, -0.05) is 74.0 Å². The number of rotatable bonds is 15. The predicted octanol–water partition coefficient (Wildman–Crippen LogP) is 9.13. The van der Waals surface area contributed by atoms with Gasteiger partial charge in [-0.25, -0.2) is 29.0 Å². The maximum absolute atomic E-state index is 14.9. The number of carbonyl (C=O) groups is 5. The number of pyridine rings is 1. The first-order valence-electron chi connectivity index (χ1n) is 20.2. The molecule has 4 aliphatic carbocycles. The Labute approximate surface area is 355 Å². The summed E-state index contributed by atoms with van der Waals surface area (Å²) in [7, 11) is 0. The molecule has 4 saturated carbocycles. The Morgan fingerprint density at radius 1 is 0.803 bits per heavy atom. The maximum atomic E-state index is 14.9. The van der Waals surface area contributed by atoms with Gasteiger partial charge >= 0.3 is 29.8 Å². The van der Waals surface area contributed by atoms with E-state index in [9.17, 15) is 38.9 Å². The van der Waals surface area contributed by atoms with Crippen LogP contribution in [0.15, 0.2) is 77.7 Å². The molecule has 3 aromatic carbocycles. The lowest BCUT2D eigenvalue weighted by molar-refractivity contribution is -0.388. The van der Waals surface area contributed by atoms with Crippen LogP contribution in [0.2, 0.25) is 0 Å². The molecule has 315 valence electrons. The minimum atomic E-state index is -1.64. The fraction of sp³-hybridized carbons (Fsp3) is 0.370. The molecule has 4 bridgehead atoms. The summed E-state index contributed by atoms with van der Waals surface area (Å²) in [4.78, 5) is 99.6. The average Bonchev–Trinajstić information content (AvgIpc) is 3.22. The summed E-state index contributed by atoms with van der Waals surface area (Å²) in [5.41, 5.74) is -2.75. The fourth-order valence-electron chi connectivity index (χ4n) is 9.34. The van der Waals surface area contributed by atoms with Crippen molar-refractivity contribution in [2.24, 2.45) is 17.8 Å². The summed E-state index contributed by atoms with van der Waals surface area (Å²) < 4.78 is 23.1. The smallest absolute Gasteiger partial charge is 0.358 e. The Balaban J connectivity index is 1.49. The zero-order valence-electron chi connectivity index (χ0n) is 33.8. The standard InChI is InChI=1S/C46H43N2O12S/c1-4-5-18-57-42(51)37-35(43(52)59-41(50)33-16-11-17-34(61-25-49)40(33)48(55)56)36(44(53)58-26(2)3)38(32-15-10-9-14-31(32)30-12-7-6-8-13-30)47-39(37)45(54)60-46-22-27-19-28(23-46)21-29(20-27)24-46/h6-17,26-29H,4-5,18-24H2,1-3H3. The second-order valence-electron chi connectivity index (χ2n) is 16.1. The molecule has 8 rings (SSSR count). The number of ether oxygens (including phenoxy) is 4. The molecule has 0 aliphatic heterocycles. The molecule has 4 aromatic rings. The Hall–Kier alpha value is -6.22. The summed E-state index contributed by atoms with van der Waals surface area (Å²) in [6, 6.07) is 19.2. The minimum Gasteiger partial charge on any atom is -0.462 e. The van der Waals surface area contributed by atoms with Gasteiger partial charge in [-0.15, -0.1) is 0 Å². The van der Waals surface area contributed by atoms with Crippen LogP contribution in [0.3, 0.4) is 0 Å². The lowest BCUT2D eigenvalue weighted by atomic mass is 9.54. The normalized spacial score (nSPS) is 19.8. The quantitative estimate of drug-likeness (QED) is 0.0209. The van der Waals surface area contributed by atoms with Crippen molar-refractivity contribution in [1.29, 1.82) is 0 Å². The Morgan fingerprint density at radius 2 is 1.44 bits per heavy atom. The van der Waals surface area contributed by atoms with E-state index in [0.29, 0.717) is 72.7 Å². The fourth-order valence-corrected chi connectivity index (χ4v) is 9.85. The van der Waals surface area contributed by atoms with Crippen molar-refractivity contribution in [2.45, 2.75) is 88.7 Å². The third kappa shape index (κ3) is 8.97. The largest absolute Gasteiger partial charge is 0.462 e. The van der Waals surface area contributed by atoms with Gasteiger partial charge in [0.25, 0.3) is 11.3 Å². The maximum Gasteiger partial charge on any atom is 0.358 e. The molecule has 1 aromatic heterocycles. The third-order valence-electron chi connectivity index (χ3n) is 11.4. The molecule has 1 heterocycles. The topological polar surface area (TPSA) is 195 Å². The number of nitrogens with zero attached hydrogens (tertiary/aromatic N) is 2. The number of para-hydroxylation sites is 1. The molecule has 1 radical (unpaired) electrons. The van der Waals surface area contributed by atoms with E-state index in [-0.39, 0.29) is 22.8 Å². The Kier molecular flexibility index (Phi) is 12.8. The number of nitro groups is 1. The number of benzene rings is 3. The van der Waals surface area contributed by atoms with Gasteiger partial charge in [0.1, 0.15) is 22.3 Å². The first kappa shape index (κ1) is 42.9. The highest BCUT2D eigenvalue weighted by Gasteiger charge is 2.54. The zero-order valence-corrected chi connectivity index (χ0v) is 34.6. The highest BCUT2D eigenvalue weighted by Crippen LogP contribution is 2.57. The van der Waals surface area contributed by atoms with Gasteiger partial charge in [0.15, 0.2) is 5.69 Å². The van der Waals surface area contributed by atoms with Crippen molar-refractivity contribution < 1.29 is 52.6 Å². The summed E-state index contributed by atoms with van der Waals surface area (Å²) in [5.74, 6) is -5.56. The number of hydrogen-bond acceptors (Lipinski definition) is 14. The number of aromatic nitrogens is 1. The van der Waals surface area contributed by atoms with Gasteiger partial charge in [0.2, 0.25) is 0 Å². The second kappa shape index (κ2) is 18.2. The minimum absolute atomic E-state index is 0.152. The van der Waals surface area contributed by atoms with Crippen LogP contribution in [0.25, 0.3) is 22.4 Å². The number of unbranched alkanes of at least 4 members (excludes halogenated alkanes) is 1. The van der Waals surface area contributed by atoms with E-state index >= 15 is 0 Å². The molecule has 0 atom stereocenters. The molecule has 0 spiro atoms. The number of hydrogen-bond donors (Lipinski definition) is 0. The number of esters is 5. The van der Waals surface area contributed by atoms with E-state index in [2.05, 4.69) is 0 Å². The van der Waals surface area contributed by atoms with Crippen molar-refractivity contribution in [3.05, 3.63) is 111 Å². The molecule has 15 heteroatoms. The van der Waals surface area contributed by atoms with Gasteiger partial charge < -0.3 is 18.9 Å². The van der Waals surface area contributed by atoms with Gasteiger partial charge in [0.05, 0.1) is 33.8 Å². The molecular weight excluding hydrogens is 805 g/mol. The van der Waals surface area contributed by atoms with Gasteiger partial charge in [0, 0.05) is 5.56 Å². The lowest BCUT2D eigenvalue weighted by Crippen LogP contribution is -2.52. The molecule has 14 nitrogen and oxygen atoms in total. The summed E-state index contributed by atoms with van der Waals surface area (Å²) >= 11 is 0.310. The molecule has 0 N–H and O–H groups in total. The summed E-state index contributed by atoms with van der Waals surface area (Å²) in [5, 5.41) is 12.2. The van der Waals surface area contributed by atoms with E-state index in [1.165, 1.54) is 17.8 Å². The van der Waals surface area contributed by atoms with E-state index in [4.69, 9.17) is 23.9 Å². The molecule has 0 amide bonds. The van der Waals surface area contributed by atoms with Crippen molar-refractivity contribution in [3.63, 3.8) is 0 Å². The highest BCUT2D eigenvalue weighted by atomic mass is 32.2. The van der Waals surface area contributed by atoms with Gasteiger partial charge in [-0.2, -0.15) is 0 Å². The Morgan fingerprint density at radius 3 is 2.05 bits per heavy atom. The molecule has 0 unspecified atom stereocenters. The van der Waals surface area contributed by atoms with Crippen LogP contribution in [0, 0.1) is 27.9 Å². The summed E-state index contributed by atoms with van der Waals surface area (Å²) in [6.07, 6.45) is 5.17. The molecular formula is C46H43N2O12S. The predicted molar refractivity (Wildman–Crippen MR) is 222 cm³/mol. The lowest BCUT2D eigenvalue weighted by Gasteiger charge is -2.55. The zero-order chi connectivity index (χ0) is 43.4. The van der Waals surface area contributed by atoms with Gasteiger partial charge in [-0.05, 0) is 112 Å². The van der Waals surface area contributed by atoms with Crippen LogP contribution >= 0.6 is 11.8 Å². The first-order chi connectivity index (χ1) is 29.3. The van der Waals surface area contributed by atoms with E-state index in [1.807, 2.05) is 25.1 Å². The van der Waals surface area contributed by atoms with Crippen LogP contribution in [0.4, 0.5) is 5.69 Å². The van der Waals surface area contributed by atoms with E-state index in [1.54, 1.807) is 50.2 Å². The van der Waals surface area contributed by atoms with E-state index in [0.717, 1.165) is 25.3 Å². The van der Waals surface area contributed by atoms with Crippen molar-refractivity contribution in [1.82, 2.24) is 4.98 Å². The van der Waals surface area contributed by atoms with Crippen molar-refractivity contribution >= 4 is 52.9 Å². The van der Waals surface area contributed by atoms with Crippen LogP contribution in [-0.4, -0.2) is 63.7 Å². The molecule has 4 fully saturated rings. The second-order valence-corrected chi connectivity index (χ2v) is 16.9. The van der Waals surface area contributed by atoms with Crippen LogP contribution in [0.5, 0.6) is 0 Å². The highest BCUT2D eigenvalue weighted by molar-refractivity contribution is 8.12.